The molecule has 9 heteroatoms. The lowest BCUT2D eigenvalue weighted by molar-refractivity contribution is 0.334. The van der Waals surface area contributed by atoms with Crippen molar-refractivity contribution in [3.8, 4) is 5.75 Å². The van der Waals surface area contributed by atoms with E-state index in [1.807, 2.05) is 12.1 Å². The molecular weight excluding hydrogens is 496 g/mol. The first-order valence-electron chi connectivity index (χ1n) is 12.4. The van der Waals surface area contributed by atoms with Gasteiger partial charge in [-0.15, -0.1) is 0 Å². The summed E-state index contributed by atoms with van der Waals surface area (Å²) in [6.07, 6.45) is 5.81. The quantitative estimate of drug-likeness (QED) is 0.421. The second kappa shape index (κ2) is 12.4. The minimum atomic E-state index is -3.56. The van der Waals surface area contributed by atoms with Crippen LogP contribution < -0.4 is 14.2 Å². The molecule has 198 valence electrons. The minimum Gasteiger partial charge on any atom is -0.497 e. The highest BCUT2D eigenvalue weighted by Gasteiger charge is 2.23. The molecule has 2 atom stereocenters. The summed E-state index contributed by atoms with van der Waals surface area (Å²) in [5, 5.41) is -0.417. The van der Waals surface area contributed by atoms with E-state index in [2.05, 4.69) is 34.6 Å². The van der Waals surface area contributed by atoms with Crippen molar-refractivity contribution in [3.05, 3.63) is 65.7 Å². The zero-order chi connectivity index (χ0) is 26.3. The van der Waals surface area contributed by atoms with E-state index in [1.54, 1.807) is 33.1 Å². The predicted molar refractivity (Wildman–Crippen MR) is 145 cm³/mol. The SMILES string of the molecule is COc1ccc(S(=O)(=O)NCCc2ccc(C3=CCC(C(C)CNS(=O)(=O)C(C)C)CC3)cc2)cc1. The van der Waals surface area contributed by atoms with Crippen molar-refractivity contribution in [2.45, 2.75) is 56.6 Å². The number of hydrogen-bond donors (Lipinski definition) is 2. The van der Waals surface area contributed by atoms with Crippen LogP contribution in [0.5, 0.6) is 5.75 Å². The van der Waals surface area contributed by atoms with E-state index in [9.17, 15) is 16.8 Å². The van der Waals surface area contributed by atoms with Crippen LogP contribution in [0.1, 0.15) is 51.2 Å². The average Bonchev–Trinajstić information content (AvgIpc) is 2.87. The maximum atomic E-state index is 12.5. The van der Waals surface area contributed by atoms with Gasteiger partial charge in [-0.05, 0) is 92.3 Å². The largest absolute Gasteiger partial charge is 0.497 e. The number of methoxy groups -OCH3 is 1. The number of nitrogens with one attached hydrogen (secondary N) is 2. The summed E-state index contributed by atoms with van der Waals surface area (Å²) in [5.74, 6) is 1.35. The summed E-state index contributed by atoms with van der Waals surface area (Å²) in [5.41, 5.74) is 3.56. The zero-order valence-electron chi connectivity index (χ0n) is 21.5. The van der Waals surface area contributed by atoms with E-state index in [0.717, 1.165) is 24.8 Å². The normalized spacial score (nSPS) is 17.6. The minimum absolute atomic E-state index is 0.216. The van der Waals surface area contributed by atoms with Gasteiger partial charge in [-0.2, -0.15) is 0 Å². The van der Waals surface area contributed by atoms with Gasteiger partial charge in [0.05, 0.1) is 17.3 Å². The molecule has 7 nitrogen and oxygen atoms in total. The van der Waals surface area contributed by atoms with Crippen molar-refractivity contribution in [2.75, 3.05) is 20.2 Å². The van der Waals surface area contributed by atoms with E-state index in [0.29, 0.717) is 31.2 Å². The molecule has 0 heterocycles. The molecule has 0 fully saturated rings. The predicted octanol–water partition coefficient (Wildman–Crippen LogP) is 4.36. The smallest absolute Gasteiger partial charge is 0.240 e. The molecule has 0 radical (unpaired) electrons. The van der Waals surface area contributed by atoms with Crippen LogP contribution in [0.2, 0.25) is 0 Å². The number of allylic oxidation sites excluding steroid dienone is 2. The number of hydrogen-bond acceptors (Lipinski definition) is 5. The Kier molecular flexibility index (Phi) is 9.74. The first-order chi connectivity index (χ1) is 17.0. The van der Waals surface area contributed by atoms with E-state index in [4.69, 9.17) is 4.74 Å². The average molecular weight is 535 g/mol. The third-order valence-electron chi connectivity index (χ3n) is 6.88. The van der Waals surface area contributed by atoms with Crippen molar-refractivity contribution < 1.29 is 21.6 Å². The first-order valence-corrected chi connectivity index (χ1v) is 15.5. The molecule has 3 rings (SSSR count). The second-order valence-corrected chi connectivity index (χ2v) is 13.8. The Morgan fingerprint density at radius 1 is 0.944 bits per heavy atom. The number of ether oxygens (including phenoxy) is 1. The summed E-state index contributed by atoms with van der Waals surface area (Å²) in [4.78, 5) is 0.216. The number of rotatable bonds is 12. The van der Waals surface area contributed by atoms with Crippen LogP contribution in [0, 0.1) is 11.8 Å². The Bertz CT molecular complexity index is 1240. The van der Waals surface area contributed by atoms with Gasteiger partial charge >= 0.3 is 0 Å². The van der Waals surface area contributed by atoms with E-state index >= 15 is 0 Å². The number of benzene rings is 2. The summed E-state index contributed by atoms with van der Waals surface area (Å²) in [7, 11) is -5.25. The first kappa shape index (κ1) is 28.4. The Hall–Kier alpha value is -2.20. The Balaban J connectivity index is 1.49. The highest BCUT2D eigenvalue weighted by Crippen LogP contribution is 2.34. The van der Waals surface area contributed by atoms with Gasteiger partial charge in [0, 0.05) is 13.1 Å². The van der Waals surface area contributed by atoms with Crippen LogP contribution in [0.15, 0.2) is 59.5 Å². The molecule has 2 N–H and O–H groups in total. The van der Waals surface area contributed by atoms with Gasteiger partial charge in [0.25, 0.3) is 0 Å². The molecule has 0 spiro atoms. The van der Waals surface area contributed by atoms with Crippen molar-refractivity contribution in [1.82, 2.24) is 9.44 Å². The standard InChI is InChI=1S/C27H38N2O5S2/c1-20(2)35(30,31)29-19-21(3)23-9-11-25(12-10-23)24-7-5-22(6-8-24)17-18-28-36(32,33)27-15-13-26(34-4)14-16-27/h5-8,11,13-16,20-21,23,28-29H,9-10,12,17-19H2,1-4H3. The molecule has 1 aliphatic carbocycles. The fourth-order valence-electron chi connectivity index (χ4n) is 4.27. The summed E-state index contributed by atoms with van der Waals surface area (Å²) < 4.78 is 59.5. The van der Waals surface area contributed by atoms with E-state index in [1.165, 1.54) is 23.3 Å². The monoisotopic (exact) mass is 534 g/mol. The van der Waals surface area contributed by atoms with Crippen LogP contribution in [-0.2, 0) is 26.5 Å². The zero-order valence-corrected chi connectivity index (χ0v) is 23.2. The summed E-state index contributed by atoms with van der Waals surface area (Å²) >= 11 is 0. The Labute approximate surface area is 216 Å². The van der Waals surface area contributed by atoms with E-state index < -0.39 is 25.3 Å². The fraction of sp³-hybridized carbons (Fsp3) is 0.481. The number of sulfonamides is 2. The van der Waals surface area contributed by atoms with Crippen molar-refractivity contribution in [1.29, 1.82) is 0 Å². The van der Waals surface area contributed by atoms with Crippen molar-refractivity contribution in [2.24, 2.45) is 11.8 Å². The maximum Gasteiger partial charge on any atom is 0.240 e. The van der Waals surface area contributed by atoms with Crippen LogP contribution in [0.4, 0.5) is 0 Å². The molecule has 2 unspecified atom stereocenters. The molecule has 36 heavy (non-hydrogen) atoms. The lowest BCUT2D eigenvalue weighted by atomic mass is 9.80. The van der Waals surface area contributed by atoms with Crippen LogP contribution in [0.3, 0.4) is 0 Å². The van der Waals surface area contributed by atoms with Crippen molar-refractivity contribution >= 4 is 25.6 Å². The highest BCUT2D eigenvalue weighted by molar-refractivity contribution is 7.90. The van der Waals surface area contributed by atoms with Gasteiger partial charge in [-0.25, -0.2) is 26.3 Å². The molecule has 0 aromatic heterocycles. The third kappa shape index (κ3) is 7.65. The van der Waals surface area contributed by atoms with Crippen LogP contribution in [-0.4, -0.2) is 42.3 Å². The van der Waals surface area contributed by atoms with Crippen molar-refractivity contribution in [3.63, 3.8) is 0 Å². The lowest BCUT2D eigenvalue weighted by Crippen LogP contribution is -2.36. The van der Waals surface area contributed by atoms with Crippen LogP contribution in [0.25, 0.3) is 5.57 Å². The second-order valence-electron chi connectivity index (χ2n) is 9.70. The molecule has 0 saturated heterocycles. The maximum absolute atomic E-state index is 12.5. The fourth-order valence-corrected chi connectivity index (χ4v) is 6.13. The lowest BCUT2D eigenvalue weighted by Gasteiger charge is -2.28. The summed E-state index contributed by atoms with van der Waals surface area (Å²) in [6.45, 7) is 6.29. The van der Waals surface area contributed by atoms with Gasteiger partial charge < -0.3 is 4.74 Å². The van der Waals surface area contributed by atoms with Gasteiger partial charge in [0.1, 0.15) is 5.75 Å². The van der Waals surface area contributed by atoms with E-state index in [-0.39, 0.29) is 10.8 Å². The molecule has 1 aliphatic rings. The molecule has 2 aromatic rings. The molecule has 0 aliphatic heterocycles. The van der Waals surface area contributed by atoms with Gasteiger partial charge in [-0.3, -0.25) is 0 Å². The molecule has 0 bridgehead atoms. The molecular formula is C27H38N2O5S2. The highest BCUT2D eigenvalue weighted by atomic mass is 32.2. The topological polar surface area (TPSA) is 102 Å². The third-order valence-corrected chi connectivity index (χ3v) is 10.2. The molecule has 2 aromatic carbocycles. The Morgan fingerprint density at radius 3 is 2.17 bits per heavy atom. The summed E-state index contributed by atoms with van der Waals surface area (Å²) in [6, 6.07) is 14.6. The van der Waals surface area contributed by atoms with Gasteiger partial charge in [0.2, 0.25) is 20.0 Å². The van der Waals surface area contributed by atoms with Crippen LogP contribution >= 0.6 is 0 Å². The van der Waals surface area contributed by atoms with Gasteiger partial charge in [0.15, 0.2) is 0 Å². The van der Waals surface area contributed by atoms with Gasteiger partial charge in [-0.1, -0.05) is 37.3 Å². The Morgan fingerprint density at radius 2 is 1.61 bits per heavy atom. The molecule has 0 saturated carbocycles. The molecule has 0 amide bonds.